The lowest BCUT2D eigenvalue weighted by atomic mass is 10.2. The Morgan fingerprint density at radius 3 is 2.50 bits per heavy atom. The van der Waals surface area contributed by atoms with Crippen LogP contribution < -0.4 is 0 Å². The molecular formula is C19H19F3N4OS. The summed E-state index contributed by atoms with van der Waals surface area (Å²) < 4.78 is 39.9. The Balaban J connectivity index is 1.56. The van der Waals surface area contributed by atoms with Crippen LogP contribution in [0.15, 0.2) is 30.3 Å². The lowest BCUT2D eigenvalue weighted by Gasteiger charge is -2.34. The third-order valence-electron chi connectivity index (χ3n) is 4.88. The van der Waals surface area contributed by atoms with Gasteiger partial charge in [0.25, 0.3) is 12.3 Å². The summed E-state index contributed by atoms with van der Waals surface area (Å²) in [6.07, 6.45) is -2.36. The van der Waals surface area contributed by atoms with Crippen molar-refractivity contribution in [1.82, 2.24) is 19.6 Å². The van der Waals surface area contributed by atoms with Gasteiger partial charge in [-0.1, -0.05) is 0 Å². The molecule has 1 saturated heterocycles. The zero-order chi connectivity index (χ0) is 19.8. The third kappa shape index (κ3) is 3.64. The van der Waals surface area contributed by atoms with Gasteiger partial charge < -0.3 is 4.90 Å². The maximum Gasteiger partial charge on any atom is 0.264 e. The van der Waals surface area contributed by atoms with Crippen molar-refractivity contribution in [1.29, 1.82) is 0 Å². The summed E-state index contributed by atoms with van der Waals surface area (Å²) in [6.45, 7) is 3.38. The summed E-state index contributed by atoms with van der Waals surface area (Å²) in [6, 6.07) is 7.86. The van der Waals surface area contributed by atoms with E-state index in [0.717, 1.165) is 21.6 Å². The van der Waals surface area contributed by atoms with Gasteiger partial charge in [0.2, 0.25) is 0 Å². The lowest BCUT2D eigenvalue weighted by molar-refractivity contribution is 0.0462. The van der Waals surface area contributed by atoms with Gasteiger partial charge in [0.05, 0.1) is 22.8 Å². The van der Waals surface area contributed by atoms with Gasteiger partial charge in [-0.3, -0.25) is 9.69 Å². The highest BCUT2D eigenvalue weighted by Crippen LogP contribution is 2.31. The standard InChI is InChI=1S/C19H19F3N4OS/c1-12-15-10-16(18(27)25-8-6-24(7-9-25)11-17(21)22)28-19(15)26(23-12)14-4-2-13(20)3-5-14/h2-5,10,17H,6-9,11H2,1H3. The molecule has 28 heavy (non-hydrogen) atoms. The van der Waals surface area contributed by atoms with E-state index in [4.69, 9.17) is 0 Å². The molecule has 3 heterocycles. The van der Waals surface area contributed by atoms with Crippen LogP contribution in [0.25, 0.3) is 15.9 Å². The van der Waals surface area contributed by atoms with Gasteiger partial charge in [-0.2, -0.15) is 5.10 Å². The number of carbonyl (C=O) groups is 1. The highest BCUT2D eigenvalue weighted by molar-refractivity contribution is 7.20. The Morgan fingerprint density at radius 2 is 1.86 bits per heavy atom. The monoisotopic (exact) mass is 408 g/mol. The summed E-state index contributed by atoms with van der Waals surface area (Å²) in [5, 5.41) is 5.39. The fourth-order valence-electron chi connectivity index (χ4n) is 3.39. The fourth-order valence-corrected chi connectivity index (χ4v) is 4.55. The third-order valence-corrected chi connectivity index (χ3v) is 5.98. The van der Waals surface area contributed by atoms with Crippen LogP contribution in [0.3, 0.4) is 0 Å². The topological polar surface area (TPSA) is 41.4 Å². The summed E-state index contributed by atoms with van der Waals surface area (Å²) in [4.78, 5) is 17.7. The molecule has 0 bridgehead atoms. The van der Waals surface area contributed by atoms with Crippen LogP contribution in [0.4, 0.5) is 13.2 Å². The van der Waals surface area contributed by atoms with Crippen LogP contribution in [0.5, 0.6) is 0 Å². The van der Waals surface area contributed by atoms with Gasteiger partial charge in [0.1, 0.15) is 10.6 Å². The first-order chi connectivity index (χ1) is 13.4. The maximum absolute atomic E-state index is 13.2. The number of amides is 1. The van der Waals surface area contributed by atoms with Crippen molar-refractivity contribution in [3.05, 3.63) is 46.7 Å². The normalized spacial score (nSPS) is 15.7. The number of piperazine rings is 1. The number of halogens is 3. The second-order valence-corrected chi connectivity index (χ2v) is 7.82. The highest BCUT2D eigenvalue weighted by atomic mass is 32.1. The number of hydrogen-bond donors (Lipinski definition) is 0. The smallest absolute Gasteiger partial charge is 0.264 e. The fraction of sp³-hybridized carbons (Fsp3) is 0.368. The number of rotatable bonds is 4. The van der Waals surface area contributed by atoms with Crippen LogP contribution in [0.1, 0.15) is 15.4 Å². The number of carbonyl (C=O) groups excluding carboxylic acids is 1. The summed E-state index contributed by atoms with van der Waals surface area (Å²) in [7, 11) is 0. The first kappa shape index (κ1) is 18.9. The number of nitrogens with zero attached hydrogens (tertiary/aromatic N) is 4. The van der Waals surface area contributed by atoms with Crippen LogP contribution in [0, 0.1) is 12.7 Å². The number of fused-ring (bicyclic) bond motifs is 1. The number of alkyl halides is 2. The van der Waals surface area contributed by atoms with E-state index in [2.05, 4.69) is 5.10 Å². The molecule has 1 fully saturated rings. The van der Waals surface area contributed by atoms with Crippen LogP contribution in [-0.4, -0.2) is 64.6 Å². The molecule has 9 heteroatoms. The van der Waals surface area contributed by atoms with Gasteiger partial charge in [-0.15, -0.1) is 11.3 Å². The molecule has 1 aliphatic heterocycles. The molecule has 0 saturated carbocycles. The number of aromatic nitrogens is 2. The highest BCUT2D eigenvalue weighted by Gasteiger charge is 2.26. The van der Waals surface area contributed by atoms with E-state index in [0.29, 0.717) is 31.1 Å². The zero-order valence-corrected chi connectivity index (χ0v) is 16.1. The minimum atomic E-state index is -2.36. The van der Waals surface area contributed by atoms with E-state index in [1.54, 1.807) is 26.6 Å². The number of aryl methyl sites for hydroxylation is 1. The number of hydrogen-bond acceptors (Lipinski definition) is 4. The first-order valence-corrected chi connectivity index (χ1v) is 9.79. The Labute approximate surface area is 164 Å². The molecule has 0 N–H and O–H groups in total. The minimum absolute atomic E-state index is 0.0945. The van der Waals surface area contributed by atoms with Crippen LogP contribution in [-0.2, 0) is 0 Å². The van der Waals surface area contributed by atoms with Crippen molar-refractivity contribution in [2.24, 2.45) is 0 Å². The van der Waals surface area contributed by atoms with Gasteiger partial charge in [-0.05, 0) is 37.3 Å². The van der Waals surface area contributed by atoms with Crippen molar-refractivity contribution in [3.8, 4) is 5.69 Å². The second-order valence-electron chi connectivity index (χ2n) is 6.79. The van der Waals surface area contributed by atoms with Crippen LogP contribution >= 0.6 is 11.3 Å². The van der Waals surface area contributed by atoms with Gasteiger partial charge >= 0.3 is 0 Å². The zero-order valence-electron chi connectivity index (χ0n) is 15.2. The molecule has 0 aliphatic carbocycles. The Hall–Kier alpha value is -2.39. The largest absolute Gasteiger partial charge is 0.335 e. The van der Waals surface area contributed by atoms with Crippen molar-refractivity contribution < 1.29 is 18.0 Å². The first-order valence-electron chi connectivity index (χ1n) is 8.97. The number of benzene rings is 1. The quantitative estimate of drug-likeness (QED) is 0.663. The van der Waals surface area contributed by atoms with Gasteiger partial charge in [0, 0.05) is 31.6 Å². The predicted molar refractivity (Wildman–Crippen MR) is 102 cm³/mol. The van der Waals surface area contributed by atoms with E-state index in [1.807, 2.05) is 13.0 Å². The number of thiophene rings is 1. The molecule has 1 amide bonds. The average molecular weight is 408 g/mol. The molecule has 5 nitrogen and oxygen atoms in total. The molecule has 0 radical (unpaired) electrons. The lowest BCUT2D eigenvalue weighted by Crippen LogP contribution is -2.49. The minimum Gasteiger partial charge on any atom is -0.335 e. The van der Waals surface area contributed by atoms with E-state index in [1.165, 1.54) is 23.5 Å². The van der Waals surface area contributed by atoms with E-state index < -0.39 is 6.43 Å². The van der Waals surface area contributed by atoms with Crippen molar-refractivity contribution in [3.63, 3.8) is 0 Å². The van der Waals surface area contributed by atoms with Crippen molar-refractivity contribution in [2.75, 3.05) is 32.7 Å². The molecule has 2 aromatic heterocycles. The van der Waals surface area contributed by atoms with E-state index in [9.17, 15) is 18.0 Å². The SMILES string of the molecule is Cc1nn(-c2ccc(F)cc2)c2sc(C(=O)N3CCN(CC(F)F)CC3)cc12. The molecule has 1 aromatic carbocycles. The summed E-state index contributed by atoms with van der Waals surface area (Å²) >= 11 is 1.34. The maximum atomic E-state index is 13.2. The Kier molecular flexibility index (Phi) is 5.11. The molecule has 3 aromatic rings. The predicted octanol–water partition coefficient (Wildman–Crippen LogP) is 3.56. The van der Waals surface area contributed by atoms with Crippen LogP contribution in [0.2, 0.25) is 0 Å². The van der Waals surface area contributed by atoms with Crippen molar-refractivity contribution >= 4 is 27.5 Å². The summed E-state index contributed by atoms with van der Waals surface area (Å²) in [5.74, 6) is -0.417. The molecule has 0 unspecified atom stereocenters. The van der Waals surface area contributed by atoms with E-state index in [-0.39, 0.29) is 18.3 Å². The average Bonchev–Trinajstić information content (AvgIpc) is 3.23. The molecule has 0 spiro atoms. The van der Waals surface area contributed by atoms with Gasteiger partial charge in [-0.25, -0.2) is 17.9 Å². The van der Waals surface area contributed by atoms with Gasteiger partial charge in [0.15, 0.2) is 0 Å². The molecule has 4 rings (SSSR count). The Bertz CT molecular complexity index is 991. The molecule has 1 aliphatic rings. The van der Waals surface area contributed by atoms with Crippen molar-refractivity contribution in [2.45, 2.75) is 13.3 Å². The summed E-state index contributed by atoms with van der Waals surface area (Å²) in [5.41, 5.74) is 1.51. The Morgan fingerprint density at radius 1 is 1.18 bits per heavy atom. The van der Waals surface area contributed by atoms with E-state index >= 15 is 0 Å². The second kappa shape index (κ2) is 7.56. The molecular weight excluding hydrogens is 389 g/mol. The molecule has 0 atom stereocenters. The molecule has 148 valence electrons.